The van der Waals surface area contributed by atoms with Crippen molar-refractivity contribution in [1.29, 1.82) is 0 Å². The van der Waals surface area contributed by atoms with Crippen LogP contribution in [0.4, 0.5) is 0 Å². The number of aromatic hydroxyl groups is 1. The van der Waals surface area contributed by atoms with Crippen molar-refractivity contribution in [3.05, 3.63) is 41.1 Å². The third-order valence-corrected chi connectivity index (χ3v) is 3.34. The highest BCUT2D eigenvalue weighted by molar-refractivity contribution is 5.44. The first-order valence-corrected chi connectivity index (χ1v) is 6.48. The van der Waals surface area contributed by atoms with Gasteiger partial charge in [0.15, 0.2) is 0 Å². The van der Waals surface area contributed by atoms with Crippen molar-refractivity contribution in [3.63, 3.8) is 0 Å². The lowest BCUT2D eigenvalue weighted by molar-refractivity contribution is 0.441. The molecule has 0 spiro atoms. The summed E-state index contributed by atoms with van der Waals surface area (Å²) < 4.78 is 1.84. The lowest BCUT2D eigenvalue weighted by atomic mass is 10.1. The first-order chi connectivity index (χ1) is 8.65. The van der Waals surface area contributed by atoms with Crippen molar-refractivity contribution in [2.24, 2.45) is 0 Å². The first-order valence-electron chi connectivity index (χ1n) is 6.48. The summed E-state index contributed by atoms with van der Waals surface area (Å²) in [6.45, 7) is 6.22. The molecule has 1 aromatic carbocycles. The summed E-state index contributed by atoms with van der Waals surface area (Å²) >= 11 is 0. The lowest BCUT2D eigenvalue weighted by Crippen LogP contribution is -2.01. The van der Waals surface area contributed by atoms with Gasteiger partial charge in [0.25, 0.3) is 0 Å². The lowest BCUT2D eigenvalue weighted by Gasteiger charge is -2.07. The molecule has 0 radical (unpaired) electrons. The Morgan fingerprint density at radius 1 is 1.22 bits per heavy atom. The maximum atomic E-state index is 9.96. The van der Waals surface area contributed by atoms with E-state index in [9.17, 15) is 5.11 Å². The van der Waals surface area contributed by atoms with Gasteiger partial charge in [-0.2, -0.15) is 0 Å². The highest BCUT2D eigenvalue weighted by atomic mass is 16.3. The molecule has 0 saturated carbocycles. The van der Waals surface area contributed by atoms with Gasteiger partial charge in [0, 0.05) is 11.3 Å². The van der Waals surface area contributed by atoms with Crippen molar-refractivity contribution < 1.29 is 5.11 Å². The van der Waals surface area contributed by atoms with Crippen LogP contribution in [-0.2, 0) is 6.42 Å². The molecule has 0 amide bonds. The van der Waals surface area contributed by atoms with E-state index in [1.807, 2.05) is 29.8 Å². The molecular formula is C15H20N2O. The summed E-state index contributed by atoms with van der Waals surface area (Å²) in [6, 6.07) is 8.08. The maximum Gasteiger partial charge on any atom is 0.234 e. The van der Waals surface area contributed by atoms with E-state index in [0.29, 0.717) is 0 Å². The van der Waals surface area contributed by atoms with E-state index in [-0.39, 0.29) is 5.88 Å². The van der Waals surface area contributed by atoms with E-state index in [4.69, 9.17) is 0 Å². The van der Waals surface area contributed by atoms with Crippen LogP contribution in [0.15, 0.2) is 24.3 Å². The molecule has 0 bridgehead atoms. The summed E-state index contributed by atoms with van der Waals surface area (Å²) in [4.78, 5) is 0. The van der Waals surface area contributed by atoms with Gasteiger partial charge in [-0.15, -0.1) is 5.10 Å². The van der Waals surface area contributed by atoms with Crippen molar-refractivity contribution in [3.8, 4) is 11.6 Å². The van der Waals surface area contributed by atoms with Gasteiger partial charge in [0.1, 0.15) is 0 Å². The third-order valence-electron chi connectivity index (χ3n) is 3.34. The van der Waals surface area contributed by atoms with Crippen molar-refractivity contribution >= 4 is 0 Å². The Labute approximate surface area is 108 Å². The minimum atomic E-state index is 0.171. The van der Waals surface area contributed by atoms with Crippen molar-refractivity contribution in [1.82, 2.24) is 9.78 Å². The molecule has 96 valence electrons. The molecule has 0 saturated heterocycles. The second-order valence-corrected chi connectivity index (χ2v) is 4.69. The molecule has 0 aliphatic carbocycles. The fourth-order valence-corrected chi connectivity index (χ4v) is 2.20. The SMILES string of the molecule is CCCCc1c(O)nn(-c2ccccc2C)c1C. The van der Waals surface area contributed by atoms with Crippen LogP contribution in [0.3, 0.4) is 0 Å². The van der Waals surface area contributed by atoms with Crippen molar-refractivity contribution in [2.75, 3.05) is 0 Å². The van der Waals surface area contributed by atoms with Gasteiger partial charge in [0.05, 0.1) is 5.69 Å². The Morgan fingerprint density at radius 3 is 2.61 bits per heavy atom. The van der Waals surface area contributed by atoms with Gasteiger partial charge in [-0.3, -0.25) is 0 Å². The van der Waals surface area contributed by atoms with Crippen LogP contribution < -0.4 is 0 Å². The van der Waals surface area contributed by atoms with Crippen LogP contribution in [0.25, 0.3) is 5.69 Å². The number of unbranched alkanes of at least 4 members (excludes halogenated alkanes) is 1. The molecule has 0 unspecified atom stereocenters. The standard InChI is InChI=1S/C15H20N2O/c1-4-5-9-13-12(3)17(16-15(13)18)14-10-7-6-8-11(14)2/h6-8,10H,4-5,9H2,1-3H3,(H,16,18). The van der Waals surface area contributed by atoms with E-state index >= 15 is 0 Å². The Hall–Kier alpha value is -1.77. The highest BCUT2D eigenvalue weighted by Crippen LogP contribution is 2.25. The summed E-state index contributed by atoms with van der Waals surface area (Å²) in [7, 11) is 0. The van der Waals surface area contributed by atoms with Gasteiger partial charge < -0.3 is 5.11 Å². The number of aryl methyl sites for hydroxylation is 1. The minimum Gasteiger partial charge on any atom is -0.492 e. The number of para-hydroxylation sites is 1. The van der Waals surface area contributed by atoms with Gasteiger partial charge in [-0.25, -0.2) is 4.68 Å². The van der Waals surface area contributed by atoms with Gasteiger partial charge in [-0.1, -0.05) is 31.5 Å². The second kappa shape index (κ2) is 5.25. The van der Waals surface area contributed by atoms with Gasteiger partial charge in [0.2, 0.25) is 5.88 Å². The molecule has 0 atom stereocenters. The number of aromatic nitrogens is 2. The summed E-state index contributed by atoms with van der Waals surface area (Å²) in [5, 5.41) is 14.2. The maximum absolute atomic E-state index is 9.96. The van der Waals surface area contributed by atoms with E-state index in [0.717, 1.165) is 41.8 Å². The number of hydrogen-bond acceptors (Lipinski definition) is 2. The van der Waals surface area contributed by atoms with Crippen LogP contribution in [0, 0.1) is 13.8 Å². The predicted molar refractivity (Wildman–Crippen MR) is 73.3 cm³/mol. The van der Waals surface area contributed by atoms with Crippen LogP contribution in [0.1, 0.15) is 36.6 Å². The van der Waals surface area contributed by atoms with E-state index < -0.39 is 0 Å². The molecule has 0 aliphatic rings. The average molecular weight is 244 g/mol. The Bertz CT molecular complexity index is 543. The summed E-state index contributed by atoms with van der Waals surface area (Å²) in [5.41, 5.74) is 4.20. The zero-order valence-corrected chi connectivity index (χ0v) is 11.3. The zero-order chi connectivity index (χ0) is 13.1. The first kappa shape index (κ1) is 12.7. The number of hydrogen-bond donors (Lipinski definition) is 1. The van der Waals surface area contributed by atoms with Crippen LogP contribution >= 0.6 is 0 Å². The fourth-order valence-electron chi connectivity index (χ4n) is 2.20. The molecule has 3 heteroatoms. The molecule has 18 heavy (non-hydrogen) atoms. The van der Waals surface area contributed by atoms with E-state index in [2.05, 4.69) is 25.0 Å². The molecule has 1 aromatic heterocycles. The van der Waals surface area contributed by atoms with Crippen LogP contribution in [-0.4, -0.2) is 14.9 Å². The predicted octanol–water partition coefficient (Wildman–Crippen LogP) is 3.54. The third kappa shape index (κ3) is 2.26. The van der Waals surface area contributed by atoms with Gasteiger partial charge >= 0.3 is 0 Å². The summed E-state index contributed by atoms with van der Waals surface area (Å²) in [6.07, 6.45) is 3.09. The molecular weight excluding hydrogens is 224 g/mol. The number of rotatable bonds is 4. The molecule has 0 aliphatic heterocycles. The van der Waals surface area contributed by atoms with Crippen LogP contribution in [0.2, 0.25) is 0 Å². The van der Waals surface area contributed by atoms with E-state index in [1.165, 1.54) is 0 Å². The topological polar surface area (TPSA) is 38.1 Å². The highest BCUT2D eigenvalue weighted by Gasteiger charge is 2.15. The largest absolute Gasteiger partial charge is 0.492 e. The number of benzene rings is 1. The quantitative estimate of drug-likeness (QED) is 0.893. The molecule has 2 rings (SSSR count). The number of nitrogens with zero attached hydrogens (tertiary/aromatic N) is 2. The smallest absolute Gasteiger partial charge is 0.234 e. The zero-order valence-electron chi connectivity index (χ0n) is 11.3. The normalized spacial score (nSPS) is 10.8. The fraction of sp³-hybridized carbons (Fsp3) is 0.400. The van der Waals surface area contributed by atoms with Crippen molar-refractivity contribution in [2.45, 2.75) is 40.0 Å². The minimum absolute atomic E-state index is 0.171. The molecule has 0 fully saturated rings. The second-order valence-electron chi connectivity index (χ2n) is 4.69. The Kier molecular flexibility index (Phi) is 3.70. The average Bonchev–Trinajstić information content (AvgIpc) is 2.63. The summed E-state index contributed by atoms with van der Waals surface area (Å²) in [5.74, 6) is 0.171. The molecule has 3 nitrogen and oxygen atoms in total. The van der Waals surface area contributed by atoms with Crippen LogP contribution in [0.5, 0.6) is 5.88 Å². The molecule has 1 N–H and O–H groups in total. The monoisotopic (exact) mass is 244 g/mol. The van der Waals surface area contributed by atoms with E-state index in [1.54, 1.807) is 0 Å². The molecule has 1 heterocycles. The van der Waals surface area contributed by atoms with Gasteiger partial charge in [-0.05, 0) is 38.3 Å². The molecule has 2 aromatic rings. The Balaban J connectivity index is 2.44. The Morgan fingerprint density at radius 2 is 1.94 bits per heavy atom.